The summed E-state index contributed by atoms with van der Waals surface area (Å²) in [6.07, 6.45) is 0. The van der Waals surface area contributed by atoms with Crippen molar-refractivity contribution >= 4 is 27.4 Å². The first-order chi connectivity index (χ1) is 12.2. The number of phenols is 1. The average Bonchev–Trinajstić information content (AvgIpc) is 2.91. The predicted octanol–water partition coefficient (Wildman–Crippen LogP) is 5.24. The standard InChI is InChI=1S/C20H16FNO3S/c1-20(2,3)25-19(24)13-5-4-12(8-16(13)23)14-6-11(10-22)7-17-15(14)9-18(21)26-17/h4-9,23H,1-3H3. The van der Waals surface area contributed by atoms with E-state index >= 15 is 0 Å². The van der Waals surface area contributed by atoms with E-state index in [9.17, 15) is 19.6 Å². The molecule has 0 atom stereocenters. The maximum absolute atomic E-state index is 13.7. The Morgan fingerprint density at radius 2 is 1.96 bits per heavy atom. The fourth-order valence-corrected chi connectivity index (χ4v) is 3.47. The van der Waals surface area contributed by atoms with Gasteiger partial charge in [-0.3, -0.25) is 0 Å². The van der Waals surface area contributed by atoms with Crippen LogP contribution < -0.4 is 0 Å². The molecular weight excluding hydrogens is 353 g/mol. The number of nitriles is 1. The van der Waals surface area contributed by atoms with Crippen LogP contribution in [0.2, 0.25) is 0 Å². The molecule has 0 bridgehead atoms. The first kappa shape index (κ1) is 17.9. The molecule has 0 spiro atoms. The largest absolute Gasteiger partial charge is 0.507 e. The Balaban J connectivity index is 2.09. The molecule has 0 aliphatic carbocycles. The molecule has 2 aromatic carbocycles. The molecule has 3 aromatic rings. The molecule has 0 saturated heterocycles. The first-order valence-corrected chi connectivity index (χ1v) is 8.69. The number of phenolic OH excluding ortho intramolecular Hbond substituents is 1. The Labute approximate surface area is 154 Å². The zero-order chi connectivity index (χ0) is 19.1. The molecule has 4 nitrogen and oxygen atoms in total. The van der Waals surface area contributed by atoms with E-state index in [0.29, 0.717) is 26.8 Å². The van der Waals surface area contributed by atoms with Gasteiger partial charge in [0.15, 0.2) is 5.13 Å². The molecule has 132 valence electrons. The van der Waals surface area contributed by atoms with Gasteiger partial charge < -0.3 is 9.84 Å². The summed E-state index contributed by atoms with van der Waals surface area (Å²) in [6.45, 7) is 5.22. The number of benzene rings is 2. The number of carbonyl (C=O) groups excluding carboxylic acids is 1. The maximum Gasteiger partial charge on any atom is 0.342 e. The summed E-state index contributed by atoms with van der Waals surface area (Å²) < 4.78 is 19.6. The number of fused-ring (bicyclic) bond motifs is 1. The van der Waals surface area contributed by atoms with Gasteiger partial charge in [-0.1, -0.05) is 6.07 Å². The van der Waals surface area contributed by atoms with Crippen molar-refractivity contribution in [1.29, 1.82) is 5.26 Å². The van der Waals surface area contributed by atoms with E-state index in [2.05, 4.69) is 6.07 Å². The second-order valence-corrected chi connectivity index (χ2v) is 7.87. The molecule has 0 aliphatic heterocycles. The van der Waals surface area contributed by atoms with Gasteiger partial charge in [0.05, 0.1) is 11.6 Å². The highest BCUT2D eigenvalue weighted by molar-refractivity contribution is 7.17. The number of halogens is 1. The zero-order valence-corrected chi connectivity index (χ0v) is 15.3. The average molecular weight is 369 g/mol. The fraction of sp³-hybridized carbons (Fsp3) is 0.200. The Bertz CT molecular complexity index is 1060. The number of aromatic hydroxyl groups is 1. The van der Waals surface area contributed by atoms with Gasteiger partial charge in [-0.2, -0.15) is 9.65 Å². The van der Waals surface area contributed by atoms with Crippen LogP contribution in [-0.2, 0) is 4.74 Å². The highest BCUT2D eigenvalue weighted by Gasteiger charge is 2.21. The molecule has 1 aromatic heterocycles. The van der Waals surface area contributed by atoms with Gasteiger partial charge in [0, 0.05) is 10.1 Å². The lowest BCUT2D eigenvalue weighted by atomic mass is 9.98. The lowest BCUT2D eigenvalue weighted by molar-refractivity contribution is 0.00668. The molecule has 0 aliphatic rings. The molecule has 1 heterocycles. The second kappa shape index (κ2) is 6.43. The third-order valence-corrected chi connectivity index (χ3v) is 4.53. The van der Waals surface area contributed by atoms with Crippen molar-refractivity contribution in [2.24, 2.45) is 0 Å². The normalized spacial score (nSPS) is 11.3. The minimum absolute atomic E-state index is 0.0489. The lowest BCUT2D eigenvalue weighted by Gasteiger charge is -2.20. The van der Waals surface area contributed by atoms with Crippen molar-refractivity contribution in [3.63, 3.8) is 0 Å². The van der Waals surface area contributed by atoms with Gasteiger partial charge in [-0.25, -0.2) is 4.79 Å². The van der Waals surface area contributed by atoms with Crippen LogP contribution in [0.1, 0.15) is 36.7 Å². The fourth-order valence-electron chi connectivity index (χ4n) is 2.62. The molecule has 26 heavy (non-hydrogen) atoms. The first-order valence-electron chi connectivity index (χ1n) is 7.88. The summed E-state index contributed by atoms with van der Waals surface area (Å²) in [5.41, 5.74) is 0.960. The highest BCUT2D eigenvalue weighted by Crippen LogP contribution is 2.36. The molecule has 0 saturated carbocycles. The van der Waals surface area contributed by atoms with Crippen molar-refractivity contribution in [2.45, 2.75) is 26.4 Å². The van der Waals surface area contributed by atoms with Crippen LogP contribution in [0.25, 0.3) is 21.2 Å². The van der Waals surface area contributed by atoms with E-state index in [1.54, 1.807) is 39.0 Å². The molecule has 0 radical (unpaired) electrons. The summed E-state index contributed by atoms with van der Waals surface area (Å²) >= 11 is 0.955. The van der Waals surface area contributed by atoms with Gasteiger partial charge in [-0.05, 0) is 62.2 Å². The van der Waals surface area contributed by atoms with Gasteiger partial charge in [0.2, 0.25) is 0 Å². The van der Waals surface area contributed by atoms with Crippen LogP contribution in [-0.4, -0.2) is 16.7 Å². The minimum Gasteiger partial charge on any atom is -0.507 e. The van der Waals surface area contributed by atoms with E-state index in [1.807, 2.05) is 0 Å². The van der Waals surface area contributed by atoms with Crippen molar-refractivity contribution in [3.05, 3.63) is 52.7 Å². The minimum atomic E-state index is -0.677. The number of thiophene rings is 1. The van der Waals surface area contributed by atoms with E-state index in [1.165, 1.54) is 18.2 Å². The predicted molar refractivity (Wildman–Crippen MR) is 98.8 cm³/mol. The van der Waals surface area contributed by atoms with E-state index in [4.69, 9.17) is 4.74 Å². The van der Waals surface area contributed by atoms with Crippen LogP contribution in [0.4, 0.5) is 4.39 Å². The van der Waals surface area contributed by atoms with Gasteiger partial charge >= 0.3 is 5.97 Å². The van der Waals surface area contributed by atoms with Crippen LogP contribution >= 0.6 is 11.3 Å². The quantitative estimate of drug-likeness (QED) is 0.627. The Kier molecular flexibility index (Phi) is 4.43. The summed E-state index contributed by atoms with van der Waals surface area (Å²) in [7, 11) is 0. The van der Waals surface area contributed by atoms with Gasteiger partial charge in [0.1, 0.15) is 16.9 Å². The topological polar surface area (TPSA) is 70.3 Å². The SMILES string of the molecule is CC(C)(C)OC(=O)c1ccc(-c2cc(C#N)cc3sc(F)cc23)cc1O. The number of ether oxygens (including phenoxy) is 1. The molecule has 3 rings (SSSR count). The monoisotopic (exact) mass is 369 g/mol. The molecule has 0 amide bonds. The smallest absolute Gasteiger partial charge is 0.342 e. The highest BCUT2D eigenvalue weighted by atomic mass is 32.1. The van der Waals surface area contributed by atoms with Crippen molar-refractivity contribution in [2.75, 3.05) is 0 Å². The van der Waals surface area contributed by atoms with E-state index < -0.39 is 11.6 Å². The summed E-state index contributed by atoms with van der Waals surface area (Å²) in [6, 6.07) is 11.2. The Morgan fingerprint density at radius 1 is 1.23 bits per heavy atom. The van der Waals surface area contributed by atoms with Crippen LogP contribution in [0, 0.1) is 16.5 Å². The number of hydrogen-bond donors (Lipinski definition) is 1. The summed E-state index contributed by atoms with van der Waals surface area (Å²) in [5.74, 6) is -0.859. The molecule has 6 heteroatoms. The van der Waals surface area contributed by atoms with E-state index in [0.717, 1.165) is 11.3 Å². The molecule has 0 unspecified atom stereocenters. The molecule has 1 N–H and O–H groups in total. The van der Waals surface area contributed by atoms with Crippen LogP contribution in [0.15, 0.2) is 36.4 Å². The van der Waals surface area contributed by atoms with Crippen LogP contribution in [0.3, 0.4) is 0 Å². The van der Waals surface area contributed by atoms with Crippen LogP contribution in [0.5, 0.6) is 5.75 Å². The van der Waals surface area contributed by atoms with E-state index in [-0.39, 0.29) is 16.4 Å². The van der Waals surface area contributed by atoms with Crippen molar-refractivity contribution < 1.29 is 19.0 Å². The summed E-state index contributed by atoms with van der Waals surface area (Å²) in [5, 5.41) is 19.8. The summed E-state index contributed by atoms with van der Waals surface area (Å²) in [4.78, 5) is 12.2. The third-order valence-electron chi connectivity index (χ3n) is 3.66. The second-order valence-electron chi connectivity index (χ2n) is 6.83. The lowest BCUT2D eigenvalue weighted by Crippen LogP contribution is -2.23. The van der Waals surface area contributed by atoms with Gasteiger partial charge in [0.25, 0.3) is 0 Å². The van der Waals surface area contributed by atoms with Crippen molar-refractivity contribution in [1.82, 2.24) is 0 Å². The Morgan fingerprint density at radius 3 is 2.58 bits per heavy atom. The third kappa shape index (κ3) is 3.53. The maximum atomic E-state index is 13.7. The number of esters is 1. The molecule has 0 fully saturated rings. The molecular formula is C20H16FNO3S. The number of carbonyl (C=O) groups is 1. The zero-order valence-electron chi connectivity index (χ0n) is 14.5. The Hall–Kier alpha value is -2.91. The van der Waals surface area contributed by atoms with Gasteiger partial charge in [-0.15, -0.1) is 11.3 Å². The number of nitrogens with zero attached hydrogens (tertiary/aromatic N) is 1. The number of rotatable bonds is 2. The number of hydrogen-bond acceptors (Lipinski definition) is 5. The van der Waals surface area contributed by atoms with Crippen molar-refractivity contribution in [3.8, 4) is 22.9 Å².